The van der Waals surface area contributed by atoms with Gasteiger partial charge in [-0.15, -0.1) is 11.3 Å². The van der Waals surface area contributed by atoms with Crippen molar-refractivity contribution >= 4 is 61.2 Å². The van der Waals surface area contributed by atoms with Crippen LogP contribution in [0.2, 0.25) is 4.34 Å². The average molecular weight is 463 g/mol. The number of hydrogen-bond acceptors (Lipinski definition) is 7. The number of aryl methyl sites for hydroxylation is 1. The molecule has 0 saturated carbocycles. The number of amides is 2. The van der Waals surface area contributed by atoms with Gasteiger partial charge in [-0.2, -0.15) is 0 Å². The maximum absolute atomic E-state index is 12.6. The number of nitrogens with zero attached hydrogens (tertiary/aromatic N) is 2. The van der Waals surface area contributed by atoms with Gasteiger partial charge in [0.05, 0.1) is 30.6 Å². The molecular formula is C16H19ClN4O4S3. The van der Waals surface area contributed by atoms with E-state index >= 15 is 0 Å². The minimum Gasteiger partial charge on any atom is -0.334 e. The maximum Gasteiger partial charge on any atom is 0.258 e. The largest absolute Gasteiger partial charge is 0.334 e. The van der Waals surface area contributed by atoms with Crippen LogP contribution in [0.15, 0.2) is 12.3 Å². The molecule has 1 aliphatic rings. The Morgan fingerprint density at radius 2 is 2.14 bits per heavy atom. The van der Waals surface area contributed by atoms with E-state index < -0.39 is 10.0 Å². The number of halogens is 1. The van der Waals surface area contributed by atoms with Crippen molar-refractivity contribution < 1.29 is 18.0 Å². The van der Waals surface area contributed by atoms with Gasteiger partial charge >= 0.3 is 0 Å². The fourth-order valence-corrected chi connectivity index (χ4v) is 5.39. The number of sulfonamides is 1. The summed E-state index contributed by atoms with van der Waals surface area (Å²) in [4.78, 5) is 32.4. The van der Waals surface area contributed by atoms with Crippen LogP contribution >= 0.6 is 34.3 Å². The summed E-state index contributed by atoms with van der Waals surface area (Å²) in [6.07, 6.45) is 4.09. The van der Waals surface area contributed by atoms with Gasteiger partial charge in [-0.05, 0) is 25.8 Å². The van der Waals surface area contributed by atoms with Crippen molar-refractivity contribution in [1.29, 1.82) is 0 Å². The lowest BCUT2D eigenvalue weighted by Crippen LogP contribution is -2.39. The second-order valence-electron chi connectivity index (χ2n) is 6.38. The fraction of sp³-hybridized carbons (Fsp3) is 0.438. The quantitative estimate of drug-likeness (QED) is 0.685. The summed E-state index contributed by atoms with van der Waals surface area (Å²) < 4.78 is 25.2. The number of carbonyl (C=O) groups is 2. The molecule has 2 N–H and O–H groups in total. The van der Waals surface area contributed by atoms with E-state index in [1.54, 1.807) is 11.0 Å². The summed E-state index contributed by atoms with van der Waals surface area (Å²) in [5, 5.41) is 3.15. The molecule has 0 aliphatic carbocycles. The van der Waals surface area contributed by atoms with Crippen molar-refractivity contribution in [3.8, 4) is 0 Å². The van der Waals surface area contributed by atoms with Crippen LogP contribution in [-0.2, 0) is 14.8 Å². The Hall–Kier alpha value is -1.53. The van der Waals surface area contributed by atoms with E-state index in [0.29, 0.717) is 21.6 Å². The van der Waals surface area contributed by atoms with Crippen LogP contribution in [0.4, 0.5) is 5.13 Å². The summed E-state index contributed by atoms with van der Waals surface area (Å²) >= 11 is 8.48. The number of anilines is 1. The Balaban J connectivity index is 1.73. The number of carbonyl (C=O) groups excluding carboxylic acids is 2. The number of likely N-dealkylation sites (tertiary alicyclic amines) is 1. The highest BCUT2D eigenvalue weighted by atomic mass is 35.5. The van der Waals surface area contributed by atoms with Gasteiger partial charge in [0.2, 0.25) is 15.9 Å². The predicted molar refractivity (Wildman–Crippen MR) is 111 cm³/mol. The first-order valence-electron chi connectivity index (χ1n) is 8.41. The molecule has 12 heteroatoms. The predicted octanol–water partition coefficient (Wildman–Crippen LogP) is 2.63. The molecule has 2 amide bonds. The molecule has 0 spiro atoms. The summed E-state index contributed by atoms with van der Waals surface area (Å²) in [7, 11) is -3.43. The highest BCUT2D eigenvalue weighted by Gasteiger charge is 2.32. The van der Waals surface area contributed by atoms with Gasteiger partial charge in [-0.1, -0.05) is 22.9 Å². The second-order valence-corrected chi connectivity index (χ2v) is 11.2. The SMILES string of the molecule is Cc1sc(C2CCCN2C(=O)CNS(C)(=O)=O)cc1C(=O)Nc1ncc(Cl)s1. The van der Waals surface area contributed by atoms with E-state index in [1.807, 2.05) is 6.92 Å². The van der Waals surface area contributed by atoms with E-state index in [9.17, 15) is 18.0 Å². The van der Waals surface area contributed by atoms with Crippen molar-refractivity contribution in [3.63, 3.8) is 0 Å². The van der Waals surface area contributed by atoms with Crippen molar-refractivity contribution in [3.05, 3.63) is 31.9 Å². The van der Waals surface area contributed by atoms with E-state index in [2.05, 4.69) is 15.0 Å². The Morgan fingerprint density at radius 1 is 1.39 bits per heavy atom. The molecule has 152 valence electrons. The Morgan fingerprint density at radius 3 is 2.79 bits per heavy atom. The summed E-state index contributed by atoms with van der Waals surface area (Å²) in [5.41, 5.74) is 0.528. The minimum absolute atomic E-state index is 0.159. The van der Waals surface area contributed by atoms with Crippen LogP contribution in [0.5, 0.6) is 0 Å². The van der Waals surface area contributed by atoms with Crippen molar-refractivity contribution in [2.24, 2.45) is 0 Å². The summed E-state index contributed by atoms with van der Waals surface area (Å²) in [6, 6.07) is 1.64. The van der Waals surface area contributed by atoms with Gasteiger partial charge in [-0.25, -0.2) is 18.1 Å². The number of thiazole rings is 1. The second kappa shape index (κ2) is 8.46. The molecule has 1 atom stereocenters. The van der Waals surface area contributed by atoms with E-state index in [0.717, 1.165) is 28.9 Å². The first kappa shape index (κ1) is 21.2. The molecule has 1 saturated heterocycles. The highest BCUT2D eigenvalue weighted by molar-refractivity contribution is 7.88. The number of thiophene rings is 1. The molecule has 1 fully saturated rings. The van der Waals surface area contributed by atoms with Crippen molar-refractivity contribution in [1.82, 2.24) is 14.6 Å². The number of rotatable bonds is 6. The monoisotopic (exact) mass is 462 g/mol. The minimum atomic E-state index is -3.43. The van der Waals surface area contributed by atoms with Crippen LogP contribution in [-0.4, -0.2) is 49.5 Å². The third kappa shape index (κ3) is 5.09. The molecule has 8 nitrogen and oxygen atoms in total. The molecule has 3 rings (SSSR count). The van der Waals surface area contributed by atoms with Crippen molar-refractivity contribution in [2.45, 2.75) is 25.8 Å². The van der Waals surface area contributed by atoms with E-state index in [1.165, 1.54) is 28.9 Å². The zero-order valence-electron chi connectivity index (χ0n) is 15.2. The highest BCUT2D eigenvalue weighted by Crippen LogP contribution is 2.37. The Labute approximate surface area is 176 Å². The van der Waals surface area contributed by atoms with Crippen LogP contribution in [0.3, 0.4) is 0 Å². The van der Waals surface area contributed by atoms with Gasteiger partial charge in [-0.3, -0.25) is 14.9 Å². The van der Waals surface area contributed by atoms with Gasteiger partial charge in [0.25, 0.3) is 5.91 Å². The first-order chi connectivity index (χ1) is 13.1. The molecule has 3 heterocycles. The fourth-order valence-electron chi connectivity index (χ4n) is 3.03. The number of nitrogens with one attached hydrogen (secondary N) is 2. The topological polar surface area (TPSA) is 108 Å². The van der Waals surface area contributed by atoms with Crippen LogP contribution < -0.4 is 10.0 Å². The van der Waals surface area contributed by atoms with E-state index in [-0.39, 0.29) is 24.4 Å². The zero-order valence-corrected chi connectivity index (χ0v) is 18.4. The standard InChI is InChI=1S/C16H19ClN4O4S3/c1-9-10(15(23)20-16-18-7-13(17)27-16)6-12(26-9)11-4-3-5-21(11)14(22)8-19-28(2,24)25/h6-7,11,19H,3-5,8H2,1-2H3,(H,18,20,23). The Kier molecular flexibility index (Phi) is 6.40. The zero-order chi connectivity index (χ0) is 20.5. The molecule has 1 unspecified atom stereocenters. The molecule has 28 heavy (non-hydrogen) atoms. The van der Waals surface area contributed by atoms with Gasteiger partial charge in [0, 0.05) is 16.3 Å². The molecule has 2 aromatic heterocycles. The molecule has 0 aromatic carbocycles. The van der Waals surface area contributed by atoms with Gasteiger partial charge in [0.15, 0.2) is 5.13 Å². The van der Waals surface area contributed by atoms with E-state index in [4.69, 9.17) is 11.6 Å². The van der Waals surface area contributed by atoms with Crippen LogP contribution in [0, 0.1) is 6.92 Å². The third-order valence-corrected chi connectivity index (χ3v) is 7.12. The number of hydrogen-bond donors (Lipinski definition) is 2. The molecule has 0 radical (unpaired) electrons. The first-order valence-corrected chi connectivity index (χ1v) is 12.3. The maximum atomic E-state index is 12.6. The molecule has 0 bridgehead atoms. The van der Waals surface area contributed by atoms with Gasteiger partial charge < -0.3 is 4.90 Å². The molecular weight excluding hydrogens is 444 g/mol. The lowest BCUT2D eigenvalue weighted by Gasteiger charge is -2.24. The normalized spacial score (nSPS) is 17.1. The lowest BCUT2D eigenvalue weighted by molar-refractivity contribution is -0.130. The molecule has 1 aliphatic heterocycles. The number of aromatic nitrogens is 1. The third-order valence-electron chi connectivity index (χ3n) is 4.27. The van der Waals surface area contributed by atoms with Crippen LogP contribution in [0.25, 0.3) is 0 Å². The summed E-state index contributed by atoms with van der Waals surface area (Å²) in [5.74, 6) is -0.553. The Bertz CT molecular complexity index is 1000. The smallest absolute Gasteiger partial charge is 0.258 e. The molecule has 2 aromatic rings. The average Bonchev–Trinajstić information content (AvgIpc) is 3.31. The van der Waals surface area contributed by atoms with Gasteiger partial charge in [0.1, 0.15) is 4.34 Å². The summed E-state index contributed by atoms with van der Waals surface area (Å²) in [6.45, 7) is 2.15. The lowest BCUT2D eigenvalue weighted by atomic mass is 10.1. The van der Waals surface area contributed by atoms with Crippen LogP contribution in [0.1, 0.15) is 39.0 Å². The van der Waals surface area contributed by atoms with Crippen molar-refractivity contribution in [2.75, 3.05) is 24.7 Å².